The van der Waals surface area contributed by atoms with Gasteiger partial charge >= 0.3 is 0 Å². The summed E-state index contributed by atoms with van der Waals surface area (Å²) < 4.78 is 9.75. The first kappa shape index (κ1) is 21.3. The molecule has 6 rings (SSSR count). The van der Waals surface area contributed by atoms with Gasteiger partial charge in [-0.3, -0.25) is 9.08 Å². The number of hydrogen-bond donors (Lipinski definition) is 2. The van der Waals surface area contributed by atoms with Gasteiger partial charge in [-0.25, -0.2) is 15.0 Å². The van der Waals surface area contributed by atoms with Gasteiger partial charge in [0.15, 0.2) is 0 Å². The topological polar surface area (TPSA) is 94.2 Å². The van der Waals surface area contributed by atoms with Gasteiger partial charge in [-0.1, -0.05) is 24.3 Å². The highest BCUT2D eigenvalue weighted by atomic mass is 16.5. The Morgan fingerprint density at radius 3 is 2.69 bits per heavy atom. The molecule has 5 aromatic rings. The van der Waals surface area contributed by atoms with Gasteiger partial charge in [0.05, 0.1) is 30.4 Å². The van der Waals surface area contributed by atoms with Crippen LogP contribution in [0.15, 0.2) is 73.6 Å². The van der Waals surface area contributed by atoms with E-state index in [0.29, 0.717) is 12.5 Å². The first-order valence-corrected chi connectivity index (χ1v) is 11.7. The Hall–Kier alpha value is -4.24. The number of aryl methyl sites for hydroxylation is 1. The van der Waals surface area contributed by atoms with Crippen molar-refractivity contribution in [1.82, 2.24) is 34.4 Å². The summed E-state index contributed by atoms with van der Waals surface area (Å²) in [6.45, 7) is 3.44. The molecule has 1 aromatic carbocycles. The molecule has 0 bridgehead atoms. The molecule has 0 amide bonds. The maximum atomic E-state index is 5.93. The van der Waals surface area contributed by atoms with E-state index in [-0.39, 0.29) is 0 Å². The van der Waals surface area contributed by atoms with Crippen molar-refractivity contribution in [3.8, 4) is 28.3 Å². The van der Waals surface area contributed by atoms with E-state index in [2.05, 4.69) is 54.9 Å². The molecule has 0 saturated carbocycles. The molecule has 1 aliphatic heterocycles. The SMILES string of the molecule is Cn1cc(-c2ccc(CNc3cc(-c4cnc5cc(OCC6CNC6)ccn45)ncn3)cc2)cn1. The zero-order chi connectivity index (χ0) is 23.6. The summed E-state index contributed by atoms with van der Waals surface area (Å²) >= 11 is 0. The first-order valence-electron chi connectivity index (χ1n) is 11.7. The number of hydrogen-bond acceptors (Lipinski definition) is 7. The van der Waals surface area contributed by atoms with Crippen molar-refractivity contribution in [2.75, 3.05) is 25.0 Å². The molecule has 5 heterocycles. The minimum Gasteiger partial charge on any atom is -0.493 e. The zero-order valence-corrected chi connectivity index (χ0v) is 19.4. The lowest BCUT2D eigenvalue weighted by atomic mass is 10.1. The van der Waals surface area contributed by atoms with Crippen molar-refractivity contribution in [1.29, 1.82) is 0 Å². The minimum atomic E-state index is 0.590. The number of nitrogens with zero attached hydrogens (tertiary/aromatic N) is 6. The van der Waals surface area contributed by atoms with Crippen molar-refractivity contribution < 1.29 is 4.74 Å². The van der Waals surface area contributed by atoms with Crippen LogP contribution in [0.4, 0.5) is 5.82 Å². The second-order valence-electron chi connectivity index (χ2n) is 8.81. The number of aromatic nitrogens is 6. The van der Waals surface area contributed by atoms with Crippen LogP contribution in [0.3, 0.4) is 0 Å². The van der Waals surface area contributed by atoms with Crippen LogP contribution in [0.5, 0.6) is 5.75 Å². The van der Waals surface area contributed by atoms with E-state index >= 15 is 0 Å². The number of anilines is 1. The second kappa shape index (κ2) is 9.19. The maximum Gasteiger partial charge on any atom is 0.140 e. The molecule has 9 heteroatoms. The third-order valence-corrected chi connectivity index (χ3v) is 6.23. The number of pyridine rings is 1. The van der Waals surface area contributed by atoms with Crippen LogP contribution in [0.1, 0.15) is 5.56 Å². The fraction of sp³-hybridized carbons (Fsp3) is 0.231. The Bertz CT molecular complexity index is 1450. The molecular formula is C26H26N8O. The van der Waals surface area contributed by atoms with E-state index < -0.39 is 0 Å². The van der Waals surface area contributed by atoms with Gasteiger partial charge < -0.3 is 15.4 Å². The summed E-state index contributed by atoms with van der Waals surface area (Å²) in [5, 5.41) is 10.9. The van der Waals surface area contributed by atoms with E-state index in [1.54, 1.807) is 6.33 Å². The van der Waals surface area contributed by atoms with Gasteiger partial charge in [-0.2, -0.15) is 5.10 Å². The maximum absolute atomic E-state index is 5.93. The Morgan fingerprint density at radius 1 is 1.03 bits per heavy atom. The fourth-order valence-corrected chi connectivity index (χ4v) is 4.09. The van der Waals surface area contributed by atoms with E-state index in [1.165, 1.54) is 0 Å². The molecule has 0 atom stereocenters. The van der Waals surface area contributed by atoms with Gasteiger partial charge in [-0.15, -0.1) is 0 Å². The van der Waals surface area contributed by atoms with E-state index in [9.17, 15) is 0 Å². The monoisotopic (exact) mass is 466 g/mol. The molecule has 176 valence electrons. The molecule has 0 spiro atoms. The molecule has 0 aliphatic carbocycles. The molecule has 1 aliphatic rings. The summed E-state index contributed by atoms with van der Waals surface area (Å²) in [5.41, 5.74) is 5.95. The third kappa shape index (κ3) is 4.58. The normalized spacial score (nSPS) is 13.6. The Morgan fingerprint density at radius 2 is 1.91 bits per heavy atom. The zero-order valence-electron chi connectivity index (χ0n) is 19.4. The molecule has 9 nitrogen and oxygen atoms in total. The lowest BCUT2D eigenvalue weighted by Gasteiger charge is -2.26. The van der Waals surface area contributed by atoms with E-state index in [0.717, 1.165) is 65.0 Å². The summed E-state index contributed by atoms with van der Waals surface area (Å²) in [5.74, 6) is 2.18. The average molecular weight is 467 g/mol. The van der Waals surface area contributed by atoms with Gasteiger partial charge in [0.2, 0.25) is 0 Å². The molecule has 1 fully saturated rings. The van der Waals surface area contributed by atoms with Gasteiger partial charge in [0, 0.05) is 62.7 Å². The standard InChI is InChI=1S/C26H26N8O/c1-33-15-21(13-32-33)20-4-2-18(3-5-20)12-28-25-9-23(30-17-31-25)24-14-29-26-8-22(6-7-34(24)26)35-16-19-10-27-11-19/h2-9,13-15,17,19,27H,10-12,16H2,1H3,(H,28,30,31). The number of fused-ring (bicyclic) bond motifs is 1. The van der Waals surface area contributed by atoms with Crippen LogP contribution >= 0.6 is 0 Å². The van der Waals surface area contributed by atoms with Crippen LogP contribution < -0.4 is 15.4 Å². The molecule has 0 unspecified atom stereocenters. The van der Waals surface area contributed by atoms with Crippen LogP contribution in [-0.2, 0) is 13.6 Å². The van der Waals surface area contributed by atoms with Gasteiger partial charge in [-0.05, 0) is 17.2 Å². The van der Waals surface area contributed by atoms with Crippen molar-refractivity contribution in [2.45, 2.75) is 6.54 Å². The largest absolute Gasteiger partial charge is 0.493 e. The quantitative estimate of drug-likeness (QED) is 0.362. The Balaban J connectivity index is 1.14. The first-order chi connectivity index (χ1) is 17.2. The number of ether oxygens (including phenoxy) is 1. The number of benzene rings is 1. The summed E-state index contributed by atoms with van der Waals surface area (Å²) in [7, 11) is 1.92. The molecule has 4 aromatic heterocycles. The van der Waals surface area contributed by atoms with Gasteiger partial charge in [0.25, 0.3) is 0 Å². The second-order valence-corrected chi connectivity index (χ2v) is 8.81. The fourth-order valence-electron chi connectivity index (χ4n) is 4.09. The van der Waals surface area contributed by atoms with Crippen molar-refractivity contribution in [3.63, 3.8) is 0 Å². The number of nitrogens with one attached hydrogen (secondary N) is 2. The highest BCUT2D eigenvalue weighted by molar-refractivity contribution is 5.64. The van der Waals surface area contributed by atoms with Crippen LogP contribution in [-0.4, -0.2) is 48.8 Å². The van der Waals surface area contributed by atoms with E-state index in [4.69, 9.17) is 4.74 Å². The van der Waals surface area contributed by atoms with Crippen LogP contribution in [0.25, 0.3) is 28.2 Å². The summed E-state index contributed by atoms with van der Waals surface area (Å²) in [6, 6.07) is 14.3. The highest BCUT2D eigenvalue weighted by Gasteiger charge is 2.17. The minimum absolute atomic E-state index is 0.590. The Kier molecular flexibility index (Phi) is 5.59. The summed E-state index contributed by atoms with van der Waals surface area (Å²) in [4.78, 5) is 13.4. The predicted molar refractivity (Wildman–Crippen MR) is 134 cm³/mol. The van der Waals surface area contributed by atoms with Crippen molar-refractivity contribution >= 4 is 11.5 Å². The van der Waals surface area contributed by atoms with Gasteiger partial charge in [0.1, 0.15) is 23.5 Å². The Labute approximate surface area is 202 Å². The summed E-state index contributed by atoms with van der Waals surface area (Å²) in [6.07, 6.45) is 9.27. The highest BCUT2D eigenvalue weighted by Crippen LogP contribution is 2.24. The lowest BCUT2D eigenvalue weighted by molar-refractivity contribution is 0.199. The molecule has 35 heavy (non-hydrogen) atoms. The number of imidazole rings is 1. The van der Waals surface area contributed by atoms with E-state index in [1.807, 2.05) is 59.1 Å². The predicted octanol–water partition coefficient (Wildman–Crippen LogP) is 3.40. The van der Waals surface area contributed by atoms with Crippen molar-refractivity contribution in [2.24, 2.45) is 13.0 Å². The van der Waals surface area contributed by atoms with Crippen LogP contribution in [0, 0.1) is 5.92 Å². The van der Waals surface area contributed by atoms with Crippen molar-refractivity contribution in [3.05, 3.63) is 79.1 Å². The third-order valence-electron chi connectivity index (χ3n) is 6.23. The van der Waals surface area contributed by atoms with Crippen LogP contribution in [0.2, 0.25) is 0 Å². The lowest BCUT2D eigenvalue weighted by Crippen LogP contribution is -2.45. The molecular weight excluding hydrogens is 440 g/mol. The molecule has 2 N–H and O–H groups in total. The smallest absolute Gasteiger partial charge is 0.140 e. The average Bonchev–Trinajstić information content (AvgIpc) is 3.48. The molecule has 0 radical (unpaired) electrons. The number of rotatable bonds is 8. The molecule has 1 saturated heterocycles.